The van der Waals surface area contributed by atoms with Gasteiger partial charge in [0.25, 0.3) is 0 Å². The highest BCUT2D eigenvalue weighted by Crippen LogP contribution is 2.24. The van der Waals surface area contributed by atoms with Gasteiger partial charge in [-0.05, 0) is 72.8 Å². The van der Waals surface area contributed by atoms with E-state index in [1.165, 1.54) is 0 Å². The predicted octanol–water partition coefficient (Wildman–Crippen LogP) is 4.93. The Kier molecular flexibility index (Phi) is 5.51. The van der Waals surface area contributed by atoms with Crippen LogP contribution in [-0.2, 0) is 0 Å². The molecule has 1 amide bonds. The Morgan fingerprint density at radius 2 is 1.82 bits per heavy atom. The average molecular weight is 449 g/mol. The zero-order valence-corrected chi connectivity index (χ0v) is 18.6. The van der Waals surface area contributed by atoms with Crippen LogP contribution in [0.1, 0.15) is 10.4 Å². The summed E-state index contributed by atoms with van der Waals surface area (Å²) in [6.45, 7) is 0. The molecule has 0 radical (unpaired) electrons. The van der Waals surface area contributed by atoms with Gasteiger partial charge in [0.2, 0.25) is 10.0 Å². The van der Waals surface area contributed by atoms with Crippen LogP contribution in [0.5, 0.6) is 0 Å². The first-order valence-electron chi connectivity index (χ1n) is 10.6. The summed E-state index contributed by atoms with van der Waals surface area (Å²) in [7, 11) is 3.88. The lowest BCUT2D eigenvalue weighted by Crippen LogP contribution is -2.08. The van der Waals surface area contributed by atoms with Crippen LogP contribution in [0.15, 0.2) is 95.4 Å². The minimum absolute atomic E-state index is 0.447. The Balaban J connectivity index is 1.33. The van der Waals surface area contributed by atoms with Gasteiger partial charge in [-0.1, -0.05) is 0 Å². The third kappa shape index (κ3) is 4.36. The summed E-state index contributed by atoms with van der Waals surface area (Å²) in [6.07, 6.45) is 3.64. The van der Waals surface area contributed by atoms with Crippen molar-refractivity contribution in [2.75, 3.05) is 19.0 Å². The van der Waals surface area contributed by atoms with Crippen molar-refractivity contribution < 1.29 is 4.79 Å². The predicted molar refractivity (Wildman–Crippen MR) is 130 cm³/mol. The number of nitrogens with one attached hydrogen (secondary N) is 1. The van der Waals surface area contributed by atoms with Gasteiger partial charge < -0.3 is 9.88 Å². The van der Waals surface area contributed by atoms with Gasteiger partial charge in [0.1, 0.15) is 5.82 Å². The van der Waals surface area contributed by atoms with Crippen molar-refractivity contribution in [1.29, 1.82) is 0 Å². The van der Waals surface area contributed by atoms with Crippen molar-refractivity contribution in [3.63, 3.8) is 0 Å². The Hall–Kier alpha value is -4.88. The molecular weight excluding hydrogens is 428 g/mol. The Bertz CT molecular complexity index is 1510. The molecular formula is C25H21N8O+. The molecule has 34 heavy (non-hydrogen) atoms. The minimum Gasteiger partial charge on any atom is -0.378 e. The van der Waals surface area contributed by atoms with E-state index in [0.717, 1.165) is 33.8 Å². The molecule has 2 heterocycles. The summed E-state index contributed by atoms with van der Waals surface area (Å²) < 4.78 is 1.80. The summed E-state index contributed by atoms with van der Waals surface area (Å²) in [5.74, 6) is 0.301. The SMILES string of the molecule is CN(C)c1ccc(C(=O)N=[N+]=Nc2ccc3nc(-c4ccc(-n5cccn5)cc4)[nH]c3c2)cc1. The van der Waals surface area contributed by atoms with E-state index in [9.17, 15) is 4.79 Å². The maximum Gasteiger partial charge on any atom is 0.360 e. The van der Waals surface area contributed by atoms with E-state index in [2.05, 4.69) is 30.2 Å². The molecule has 2 aromatic heterocycles. The number of carbonyl (C=O) groups is 1. The quantitative estimate of drug-likeness (QED) is 0.303. The maximum atomic E-state index is 12.2. The van der Waals surface area contributed by atoms with E-state index >= 15 is 0 Å². The maximum absolute atomic E-state index is 12.2. The standard InChI is InChI=1S/C25H20N8O/c1-32(2)20-9-6-18(7-10-20)25(34)30-31-29-19-8-13-22-23(16-19)28-24(27-22)17-4-11-21(12-5-17)33-15-3-14-26-33/h3-16H,1-2H3/p+1. The topological polar surface area (TPSA) is 106 Å². The number of aromatic amines is 1. The molecule has 5 aromatic rings. The number of aromatic nitrogens is 4. The molecule has 1 N–H and O–H groups in total. The lowest BCUT2D eigenvalue weighted by Gasteiger charge is -2.11. The fraction of sp³-hybridized carbons (Fsp3) is 0.0800. The monoisotopic (exact) mass is 449 g/mol. The number of hydrogen-bond donors (Lipinski definition) is 1. The Morgan fingerprint density at radius 1 is 1.03 bits per heavy atom. The van der Waals surface area contributed by atoms with Crippen molar-refractivity contribution in [3.05, 3.63) is 90.8 Å². The molecule has 0 aliphatic carbocycles. The van der Waals surface area contributed by atoms with Gasteiger partial charge in [-0.3, -0.25) is 4.79 Å². The van der Waals surface area contributed by atoms with Gasteiger partial charge in [0.15, 0.2) is 10.8 Å². The van der Waals surface area contributed by atoms with Gasteiger partial charge in [-0.15, -0.1) is 0 Å². The number of benzene rings is 3. The smallest absolute Gasteiger partial charge is 0.360 e. The zero-order chi connectivity index (χ0) is 23.5. The minimum atomic E-state index is -0.447. The summed E-state index contributed by atoms with van der Waals surface area (Å²) in [5.41, 5.74) is 5.57. The second kappa shape index (κ2) is 8.93. The first kappa shape index (κ1) is 21.0. The molecule has 166 valence electrons. The van der Waals surface area contributed by atoms with Crippen LogP contribution in [0, 0.1) is 0 Å². The summed E-state index contributed by atoms with van der Waals surface area (Å²) >= 11 is 0. The number of carbonyl (C=O) groups excluding carboxylic acids is 1. The van der Waals surface area contributed by atoms with Gasteiger partial charge in [-0.2, -0.15) is 5.10 Å². The van der Waals surface area contributed by atoms with E-state index in [0.29, 0.717) is 11.3 Å². The fourth-order valence-electron chi connectivity index (χ4n) is 3.46. The van der Waals surface area contributed by atoms with Gasteiger partial charge in [-0.25, -0.2) is 9.67 Å². The lowest BCUT2D eigenvalue weighted by atomic mass is 10.2. The number of imidazole rings is 1. The highest BCUT2D eigenvalue weighted by atomic mass is 16.1. The van der Waals surface area contributed by atoms with Crippen molar-refractivity contribution in [2.45, 2.75) is 0 Å². The molecule has 0 saturated carbocycles. The number of anilines is 1. The summed E-state index contributed by atoms with van der Waals surface area (Å²) in [4.78, 5) is 25.9. The van der Waals surface area contributed by atoms with Gasteiger partial charge in [0.05, 0.1) is 16.7 Å². The average Bonchev–Trinajstić information content (AvgIpc) is 3.54. The molecule has 0 unspecified atom stereocenters. The second-order valence-electron chi connectivity index (χ2n) is 7.82. The second-order valence-corrected chi connectivity index (χ2v) is 7.82. The first-order chi connectivity index (χ1) is 16.6. The van der Waals surface area contributed by atoms with Crippen LogP contribution in [0.2, 0.25) is 0 Å². The number of H-pyrrole nitrogens is 1. The van der Waals surface area contributed by atoms with Crippen LogP contribution >= 0.6 is 0 Å². The third-order valence-electron chi connectivity index (χ3n) is 5.30. The van der Waals surface area contributed by atoms with E-state index < -0.39 is 5.91 Å². The zero-order valence-electron chi connectivity index (χ0n) is 18.6. The largest absolute Gasteiger partial charge is 0.378 e. The van der Waals surface area contributed by atoms with Crippen LogP contribution < -0.4 is 9.81 Å². The molecule has 0 spiro atoms. The highest BCUT2D eigenvalue weighted by Gasteiger charge is 2.11. The number of amides is 1. The normalized spacial score (nSPS) is 10.6. The number of hydrogen-bond acceptors (Lipinski definition) is 5. The summed E-state index contributed by atoms with van der Waals surface area (Å²) in [6, 6.07) is 22.4. The van der Waals surface area contributed by atoms with Gasteiger partial charge in [0, 0.05) is 43.3 Å². The molecule has 9 heteroatoms. The molecule has 0 atom stereocenters. The van der Waals surface area contributed by atoms with Crippen LogP contribution in [0.4, 0.5) is 11.4 Å². The molecule has 5 rings (SSSR count). The van der Waals surface area contributed by atoms with Crippen molar-refractivity contribution in [3.8, 4) is 17.1 Å². The van der Waals surface area contributed by atoms with Crippen LogP contribution in [0.25, 0.3) is 28.1 Å². The Labute approximate surface area is 195 Å². The molecule has 0 aliphatic heterocycles. The number of fused-ring (bicyclic) bond motifs is 1. The third-order valence-corrected chi connectivity index (χ3v) is 5.30. The van der Waals surface area contributed by atoms with Gasteiger partial charge >= 0.3 is 5.91 Å². The lowest BCUT2D eigenvalue weighted by molar-refractivity contribution is 0.0992. The summed E-state index contributed by atoms with van der Waals surface area (Å²) in [5, 5.41) is 12.0. The molecule has 3 aromatic carbocycles. The number of nitrogens with zero attached hydrogens (tertiary/aromatic N) is 7. The fourth-order valence-corrected chi connectivity index (χ4v) is 3.46. The van der Waals surface area contributed by atoms with Crippen LogP contribution in [0.3, 0.4) is 0 Å². The van der Waals surface area contributed by atoms with Crippen LogP contribution in [-0.4, -0.2) is 39.8 Å². The van der Waals surface area contributed by atoms with Crippen molar-refractivity contribution in [1.82, 2.24) is 24.7 Å². The molecule has 0 bridgehead atoms. The molecule has 0 saturated heterocycles. The molecule has 0 fully saturated rings. The first-order valence-corrected chi connectivity index (χ1v) is 10.6. The molecule has 0 aliphatic rings. The van der Waals surface area contributed by atoms with Crippen molar-refractivity contribution >= 4 is 28.3 Å². The molecule has 9 nitrogen and oxygen atoms in total. The Morgan fingerprint density at radius 3 is 2.53 bits per heavy atom. The van der Waals surface area contributed by atoms with E-state index in [1.54, 1.807) is 29.1 Å². The van der Waals surface area contributed by atoms with E-state index in [1.807, 2.05) is 79.8 Å². The van der Waals surface area contributed by atoms with Crippen molar-refractivity contribution in [2.24, 2.45) is 10.2 Å². The van der Waals surface area contributed by atoms with E-state index in [-0.39, 0.29) is 0 Å². The highest BCUT2D eigenvalue weighted by molar-refractivity contribution is 5.94. The number of rotatable bonds is 5. The van der Waals surface area contributed by atoms with E-state index in [4.69, 9.17) is 0 Å².